The van der Waals surface area contributed by atoms with E-state index in [4.69, 9.17) is 9.47 Å². The van der Waals surface area contributed by atoms with E-state index in [9.17, 15) is 8.42 Å². The number of sulfonamides is 1. The summed E-state index contributed by atoms with van der Waals surface area (Å²) in [4.78, 5) is 0.260. The molecule has 1 fully saturated rings. The summed E-state index contributed by atoms with van der Waals surface area (Å²) >= 11 is 0. The molecule has 6 heteroatoms. The Morgan fingerprint density at radius 1 is 1.15 bits per heavy atom. The lowest BCUT2D eigenvalue weighted by atomic mass is 9.96. The Hall–Kier alpha value is -2.05. The van der Waals surface area contributed by atoms with Crippen LogP contribution in [0, 0.1) is 13.8 Å². The Bertz CT molecular complexity index is 984. The van der Waals surface area contributed by atoms with E-state index in [2.05, 4.69) is 12.1 Å². The van der Waals surface area contributed by atoms with Crippen LogP contribution < -0.4 is 9.47 Å². The average Bonchev–Trinajstić information content (AvgIpc) is 3.32. The van der Waals surface area contributed by atoms with Crippen molar-refractivity contribution in [1.82, 2.24) is 4.31 Å². The first kappa shape index (κ1) is 18.3. The molecular formula is C21H25NO4S. The van der Waals surface area contributed by atoms with Gasteiger partial charge in [0, 0.05) is 19.5 Å². The van der Waals surface area contributed by atoms with Crippen molar-refractivity contribution in [2.24, 2.45) is 0 Å². The molecule has 144 valence electrons. The van der Waals surface area contributed by atoms with Crippen LogP contribution in [0.4, 0.5) is 0 Å². The molecule has 0 aromatic heterocycles. The molecule has 0 radical (unpaired) electrons. The van der Waals surface area contributed by atoms with Crippen LogP contribution in [-0.4, -0.2) is 39.5 Å². The van der Waals surface area contributed by atoms with Gasteiger partial charge in [-0.3, -0.25) is 0 Å². The molecule has 5 nitrogen and oxygen atoms in total. The molecule has 1 atom stereocenters. The van der Waals surface area contributed by atoms with Gasteiger partial charge in [-0.1, -0.05) is 12.1 Å². The zero-order chi connectivity index (χ0) is 19.2. The Kier molecular flexibility index (Phi) is 4.64. The van der Waals surface area contributed by atoms with E-state index in [1.54, 1.807) is 16.4 Å². The van der Waals surface area contributed by atoms with Gasteiger partial charge in [0.15, 0.2) is 0 Å². The van der Waals surface area contributed by atoms with Crippen LogP contribution in [0.1, 0.15) is 34.6 Å². The number of nitrogens with zero attached hydrogens (tertiary/aromatic N) is 1. The monoisotopic (exact) mass is 387 g/mol. The van der Waals surface area contributed by atoms with Gasteiger partial charge in [-0.2, -0.15) is 4.31 Å². The van der Waals surface area contributed by atoms with Crippen LogP contribution in [-0.2, 0) is 16.4 Å². The minimum atomic E-state index is -3.59. The van der Waals surface area contributed by atoms with Crippen molar-refractivity contribution in [3.05, 3.63) is 52.6 Å². The highest BCUT2D eigenvalue weighted by atomic mass is 32.2. The molecule has 1 saturated heterocycles. The number of methoxy groups -OCH3 is 1. The molecule has 0 amide bonds. The molecule has 2 aliphatic rings. The maximum absolute atomic E-state index is 13.3. The normalized spacial score (nSPS) is 19.7. The number of hydrogen-bond acceptors (Lipinski definition) is 4. The lowest BCUT2D eigenvalue weighted by Gasteiger charge is -2.20. The van der Waals surface area contributed by atoms with Crippen LogP contribution in [0.15, 0.2) is 35.2 Å². The maximum Gasteiger partial charge on any atom is 0.246 e. The summed E-state index contributed by atoms with van der Waals surface area (Å²) in [5, 5.41) is 0. The Balaban J connectivity index is 1.61. The Labute approximate surface area is 161 Å². The summed E-state index contributed by atoms with van der Waals surface area (Å²) in [6, 6.07) is 9.79. The summed E-state index contributed by atoms with van der Waals surface area (Å²) < 4.78 is 39.1. The third kappa shape index (κ3) is 3.21. The second kappa shape index (κ2) is 6.84. The fourth-order valence-corrected chi connectivity index (χ4v) is 5.66. The van der Waals surface area contributed by atoms with Crippen LogP contribution in [0.25, 0.3) is 0 Å². The van der Waals surface area contributed by atoms with E-state index in [1.807, 2.05) is 19.9 Å². The van der Waals surface area contributed by atoms with Crippen LogP contribution >= 0.6 is 0 Å². The van der Waals surface area contributed by atoms with Gasteiger partial charge < -0.3 is 9.47 Å². The van der Waals surface area contributed by atoms with Crippen molar-refractivity contribution in [3.8, 4) is 11.5 Å². The predicted molar refractivity (Wildman–Crippen MR) is 104 cm³/mol. The van der Waals surface area contributed by atoms with E-state index >= 15 is 0 Å². The molecule has 4 rings (SSSR count). The lowest BCUT2D eigenvalue weighted by Crippen LogP contribution is -2.29. The smallest absolute Gasteiger partial charge is 0.246 e. The minimum Gasteiger partial charge on any atom is -0.495 e. The lowest BCUT2D eigenvalue weighted by molar-refractivity contribution is 0.357. The molecule has 0 spiro atoms. The SMILES string of the molecule is COc1cc(C)c(C)cc1S(=O)(=O)N1CCC(c2ccc3c(c2)CCO3)C1. The second-order valence-electron chi connectivity index (χ2n) is 7.40. The van der Waals surface area contributed by atoms with Crippen molar-refractivity contribution in [2.75, 3.05) is 26.8 Å². The quantitative estimate of drug-likeness (QED) is 0.807. The van der Waals surface area contributed by atoms with Crippen molar-refractivity contribution >= 4 is 10.0 Å². The van der Waals surface area contributed by atoms with Crippen molar-refractivity contribution < 1.29 is 17.9 Å². The highest BCUT2D eigenvalue weighted by Gasteiger charge is 2.35. The van der Waals surface area contributed by atoms with Gasteiger partial charge in [0.1, 0.15) is 16.4 Å². The van der Waals surface area contributed by atoms with E-state index in [0.29, 0.717) is 18.8 Å². The first-order valence-corrected chi connectivity index (χ1v) is 10.7. The molecule has 0 N–H and O–H groups in total. The highest BCUT2D eigenvalue weighted by molar-refractivity contribution is 7.89. The van der Waals surface area contributed by atoms with E-state index in [0.717, 1.165) is 36.3 Å². The molecule has 1 unspecified atom stereocenters. The number of ether oxygens (including phenoxy) is 2. The van der Waals surface area contributed by atoms with Crippen LogP contribution in [0.2, 0.25) is 0 Å². The van der Waals surface area contributed by atoms with Gasteiger partial charge in [0.25, 0.3) is 0 Å². The third-order valence-corrected chi connectivity index (χ3v) is 7.62. The maximum atomic E-state index is 13.3. The van der Waals surface area contributed by atoms with Gasteiger partial charge >= 0.3 is 0 Å². The Morgan fingerprint density at radius 3 is 2.70 bits per heavy atom. The summed E-state index contributed by atoms with van der Waals surface area (Å²) in [6.45, 7) is 5.64. The van der Waals surface area contributed by atoms with E-state index < -0.39 is 10.0 Å². The van der Waals surface area contributed by atoms with Crippen LogP contribution in [0.5, 0.6) is 11.5 Å². The summed E-state index contributed by atoms with van der Waals surface area (Å²) in [5.41, 5.74) is 4.39. The predicted octanol–water partition coefficient (Wildman–Crippen LogP) is 3.43. The first-order chi connectivity index (χ1) is 12.9. The molecule has 2 aliphatic heterocycles. The highest BCUT2D eigenvalue weighted by Crippen LogP contribution is 2.37. The standard InChI is InChI=1S/C21H25NO4S/c1-14-10-20(25-3)21(11-15(14)2)27(23,24)22-8-6-18(13-22)16-4-5-19-17(12-16)7-9-26-19/h4-5,10-12,18H,6-9,13H2,1-3H3. The number of aryl methyl sites for hydroxylation is 2. The minimum absolute atomic E-state index is 0.211. The van der Waals surface area contributed by atoms with Crippen LogP contribution in [0.3, 0.4) is 0 Å². The largest absolute Gasteiger partial charge is 0.495 e. The van der Waals surface area contributed by atoms with E-state index in [1.165, 1.54) is 18.2 Å². The average molecular weight is 388 g/mol. The zero-order valence-electron chi connectivity index (χ0n) is 16.0. The summed E-state index contributed by atoms with van der Waals surface area (Å²) in [7, 11) is -2.07. The first-order valence-electron chi connectivity index (χ1n) is 9.31. The molecule has 2 aromatic carbocycles. The number of rotatable bonds is 4. The van der Waals surface area contributed by atoms with Gasteiger partial charge in [-0.25, -0.2) is 8.42 Å². The molecule has 2 aromatic rings. The Morgan fingerprint density at radius 2 is 1.93 bits per heavy atom. The fraction of sp³-hybridized carbons (Fsp3) is 0.429. The molecule has 0 bridgehead atoms. The zero-order valence-corrected chi connectivity index (χ0v) is 16.8. The molecule has 0 saturated carbocycles. The summed E-state index contributed by atoms with van der Waals surface area (Å²) in [6.07, 6.45) is 1.75. The molecular weight excluding hydrogens is 362 g/mol. The van der Waals surface area contributed by atoms with Gasteiger partial charge in [-0.15, -0.1) is 0 Å². The van der Waals surface area contributed by atoms with E-state index in [-0.39, 0.29) is 10.8 Å². The third-order valence-electron chi connectivity index (χ3n) is 5.73. The van der Waals surface area contributed by atoms with Gasteiger partial charge in [0.2, 0.25) is 10.0 Å². The number of fused-ring (bicyclic) bond motifs is 1. The number of benzene rings is 2. The second-order valence-corrected chi connectivity index (χ2v) is 9.31. The van der Waals surface area contributed by atoms with Crippen molar-refractivity contribution in [1.29, 1.82) is 0 Å². The molecule has 27 heavy (non-hydrogen) atoms. The van der Waals surface area contributed by atoms with Gasteiger partial charge in [-0.05, 0) is 66.6 Å². The van der Waals surface area contributed by atoms with Crippen molar-refractivity contribution in [3.63, 3.8) is 0 Å². The fourth-order valence-electron chi connectivity index (χ4n) is 3.94. The topological polar surface area (TPSA) is 55.8 Å². The number of hydrogen-bond donors (Lipinski definition) is 0. The molecule has 2 heterocycles. The van der Waals surface area contributed by atoms with Gasteiger partial charge in [0.05, 0.1) is 13.7 Å². The molecule has 0 aliphatic carbocycles. The van der Waals surface area contributed by atoms with Crippen molar-refractivity contribution in [2.45, 2.75) is 37.5 Å². The summed E-state index contributed by atoms with van der Waals surface area (Å²) in [5.74, 6) is 1.58.